The van der Waals surface area contributed by atoms with Gasteiger partial charge < -0.3 is 5.73 Å². The third kappa shape index (κ3) is 2.03. The zero-order chi connectivity index (χ0) is 10.2. The number of hydrogen-bond donors (Lipinski definition) is 1. The first kappa shape index (κ1) is 10.1. The number of halogens is 5. The third-order valence-corrected chi connectivity index (χ3v) is 1.62. The Hall–Kier alpha value is -0.970. The van der Waals surface area contributed by atoms with Crippen LogP contribution in [0.15, 0.2) is 12.1 Å². The molecule has 0 atom stereocenters. The van der Waals surface area contributed by atoms with E-state index >= 15 is 0 Å². The lowest BCUT2D eigenvalue weighted by atomic mass is 10.1. The second-order valence-corrected chi connectivity index (χ2v) is 2.78. The van der Waals surface area contributed by atoms with Crippen molar-refractivity contribution >= 4 is 17.3 Å². The van der Waals surface area contributed by atoms with E-state index in [1.54, 1.807) is 0 Å². The normalized spacial score (nSPS) is 11.8. The van der Waals surface area contributed by atoms with Crippen LogP contribution in [0.2, 0.25) is 5.02 Å². The molecule has 0 unspecified atom stereocenters. The molecule has 1 aromatic rings. The Balaban J connectivity index is 3.37. The van der Waals surface area contributed by atoms with E-state index < -0.39 is 23.2 Å². The molecule has 0 aliphatic carbocycles. The molecule has 0 fully saturated rings. The van der Waals surface area contributed by atoms with Gasteiger partial charge in [0.2, 0.25) is 0 Å². The first-order chi connectivity index (χ1) is 5.82. The van der Waals surface area contributed by atoms with Crippen molar-refractivity contribution in [3.8, 4) is 0 Å². The highest BCUT2D eigenvalue weighted by atomic mass is 35.5. The molecule has 0 heterocycles. The van der Waals surface area contributed by atoms with E-state index in [-0.39, 0.29) is 5.02 Å². The Bertz CT molecular complexity index is 334. The molecule has 6 heteroatoms. The summed E-state index contributed by atoms with van der Waals surface area (Å²) in [5, 5.41) is -0.334. The molecule has 0 radical (unpaired) electrons. The van der Waals surface area contributed by atoms with Gasteiger partial charge in [-0.15, -0.1) is 0 Å². The number of rotatable bonds is 0. The second-order valence-electron chi connectivity index (χ2n) is 2.35. The van der Waals surface area contributed by atoms with Crippen LogP contribution in [0.1, 0.15) is 5.56 Å². The highest BCUT2D eigenvalue weighted by Crippen LogP contribution is 2.36. The van der Waals surface area contributed by atoms with E-state index in [1.165, 1.54) is 0 Å². The number of benzene rings is 1. The van der Waals surface area contributed by atoms with Crippen molar-refractivity contribution in [2.75, 3.05) is 5.73 Å². The monoisotopic (exact) mass is 213 g/mol. The molecule has 2 N–H and O–H groups in total. The van der Waals surface area contributed by atoms with Gasteiger partial charge >= 0.3 is 6.18 Å². The molecule has 0 bridgehead atoms. The van der Waals surface area contributed by atoms with E-state index in [9.17, 15) is 17.6 Å². The standard InChI is InChI=1S/C7H4ClF4N/c8-3-1-4(7(10,11)12)6(13)5(9)2-3/h1-2H,13H2. The largest absolute Gasteiger partial charge is 0.418 e. The smallest absolute Gasteiger partial charge is 0.396 e. The van der Waals surface area contributed by atoms with Crippen LogP contribution in [-0.4, -0.2) is 0 Å². The maximum atomic E-state index is 12.7. The van der Waals surface area contributed by atoms with Crippen molar-refractivity contribution in [2.45, 2.75) is 6.18 Å². The topological polar surface area (TPSA) is 26.0 Å². The Morgan fingerprint density at radius 3 is 2.23 bits per heavy atom. The van der Waals surface area contributed by atoms with E-state index in [1.807, 2.05) is 0 Å². The summed E-state index contributed by atoms with van der Waals surface area (Å²) in [4.78, 5) is 0. The van der Waals surface area contributed by atoms with Gasteiger partial charge in [-0.3, -0.25) is 0 Å². The molecule has 0 amide bonds. The Kier molecular flexibility index (Phi) is 2.38. The van der Waals surface area contributed by atoms with Crippen LogP contribution in [0, 0.1) is 5.82 Å². The van der Waals surface area contributed by atoms with Gasteiger partial charge in [-0.05, 0) is 12.1 Å². The van der Waals surface area contributed by atoms with Gasteiger partial charge in [0.25, 0.3) is 0 Å². The lowest BCUT2D eigenvalue weighted by Crippen LogP contribution is -2.10. The minimum absolute atomic E-state index is 0.334. The van der Waals surface area contributed by atoms with Crippen LogP contribution in [0.5, 0.6) is 0 Å². The third-order valence-electron chi connectivity index (χ3n) is 1.40. The lowest BCUT2D eigenvalue weighted by Gasteiger charge is -2.10. The fourth-order valence-electron chi connectivity index (χ4n) is 0.819. The predicted molar refractivity (Wildman–Crippen MR) is 40.8 cm³/mol. The van der Waals surface area contributed by atoms with Crippen LogP contribution >= 0.6 is 11.6 Å². The minimum atomic E-state index is -4.68. The summed E-state index contributed by atoms with van der Waals surface area (Å²) in [6.07, 6.45) is -4.68. The predicted octanol–water partition coefficient (Wildman–Crippen LogP) is 3.08. The number of anilines is 1. The van der Waals surface area contributed by atoms with Crippen molar-refractivity contribution in [1.29, 1.82) is 0 Å². The molecular weight excluding hydrogens is 210 g/mol. The molecule has 1 aromatic carbocycles. The minimum Gasteiger partial charge on any atom is -0.396 e. The van der Waals surface area contributed by atoms with Gasteiger partial charge in [-0.25, -0.2) is 4.39 Å². The quantitative estimate of drug-likeness (QED) is 0.520. The van der Waals surface area contributed by atoms with E-state index in [0.717, 1.165) is 6.07 Å². The SMILES string of the molecule is Nc1c(F)cc(Cl)cc1C(F)(F)F. The zero-order valence-corrected chi connectivity index (χ0v) is 6.88. The summed E-state index contributed by atoms with van der Waals surface area (Å²) in [5.41, 5.74) is 2.70. The summed E-state index contributed by atoms with van der Waals surface area (Å²) >= 11 is 5.23. The molecule has 1 rings (SSSR count). The highest BCUT2D eigenvalue weighted by molar-refractivity contribution is 6.30. The Morgan fingerprint density at radius 1 is 1.23 bits per heavy atom. The molecule has 0 saturated carbocycles. The first-order valence-corrected chi connectivity index (χ1v) is 3.52. The van der Waals surface area contributed by atoms with Crippen LogP contribution in [0.3, 0.4) is 0 Å². The summed E-state index contributed by atoms with van der Waals surface area (Å²) in [6.45, 7) is 0. The van der Waals surface area contributed by atoms with Crippen molar-refractivity contribution in [3.05, 3.63) is 28.5 Å². The van der Waals surface area contributed by atoms with E-state index in [0.29, 0.717) is 6.07 Å². The van der Waals surface area contributed by atoms with Crippen molar-refractivity contribution in [2.24, 2.45) is 0 Å². The van der Waals surface area contributed by atoms with Gasteiger partial charge in [0.1, 0.15) is 5.82 Å². The van der Waals surface area contributed by atoms with Crippen molar-refractivity contribution in [1.82, 2.24) is 0 Å². The van der Waals surface area contributed by atoms with Gasteiger partial charge in [-0.2, -0.15) is 13.2 Å². The average Bonchev–Trinajstić information content (AvgIpc) is 1.94. The molecule has 72 valence electrons. The lowest BCUT2D eigenvalue weighted by molar-refractivity contribution is -0.137. The number of nitrogens with two attached hydrogens (primary N) is 1. The van der Waals surface area contributed by atoms with E-state index in [2.05, 4.69) is 0 Å². The Labute approximate surface area is 76.1 Å². The molecule has 0 spiro atoms. The van der Waals surface area contributed by atoms with Gasteiger partial charge in [0.05, 0.1) is 11.3 Å². The zero-order valence-electron chi connectivity index (χ0n) is 6.12. The fraction of sp³-hybridized carbons (Fsp3) is 0.143. The summed E-state index contributed by atoms with van der Waals surface area (Å²) in [6, 6.07) is 1.31. The summed E-state index contributed by atoms with van der Waals surface area (Å²) < 4.78 is 49.0. The number of hydrogen-bond acceptors (Lipinski definition) is 1. The molecule has 0 aliphatic heterocycles. The van der Waals surface area contributed by atoms with Crippen molar-refractivity contribution < 1.29 is 17.6 Å². The molecule has 0 aliphatic rings. The van der Waals surface area contributed by atoms with Crippen LogP contribution in [0.25, 0.3) is 0 Å². The second kappa shape index (κ2) is 3.06. The fourth-order valence-corrected chi connectivity index (χ4v) is 1.02. The molecular formula is C7H4ClF4N. The molecule has 0 aromatic heterocycles. The summed E-state index contributed by atoms with van der Waals surface area (Å²) in [7, 11) is 0. The van der Waals surface area contributed by atoms with Gasteiger partial charge in [0, 0.05) is 5.02 Å². The number of nitrogen functional groups attached to an aromatic ring is 1. The van der Waals surface area contributed by atoms with Gasteiger partial charge in [0.15, 0.2) is 0 Å². The van der Waals surface area contributed by atoms with Crippen LogP contribution in [-0.2, 0) is 6.18 Å². The van der Waals surface area contributed by atoms with Gasteiger partial charge in [-0.1, -0.05) is 11.6 Å². The molecule has 0 saturated heterocycles. The maximum absolute atomic E-state index is 12.7. The average molecular weight is 214 g/mol. The molecule has 1 nitrogen and oxygen atoms in total. The van der Waals surface area contributed by atoms with Crippen LogP contribution < -0.4 is 5.73 Å². The maximum Gasteiger partial charge on any atom is 0.418 e. The highest BCUT2D eigenvalue weighted by Gasteiger charge is 2.34. The first-order valence-electron chi connectivity index (χ1n) is 3.14. The van der Waals surface area contributed by atoms with Crippen LogP contribution in [0.4, 0.5) is 23.2 Å². The molecule has 13 heavy (non-hydrogen) atoms. The van der Waals surface area contributed by atoms with Crippen molar-refractivity contribution in [3.63, 3.8) is 0 Å². The Morgan fingerprint density at radius 2 is 1.77 bits per heavy atom. The van der Waals surface area contributed by atoms with E-state index in [4.69, 9.17) is 17.3 Å². The summed E-state index contributed by atoms with van der Waals surface area (Å²) in [5.74, 6) is -1.17. The number of alkyl halides is 3.